The first kappa shape index (κ1) is 11.8. The number of aromatic carboxylic acids is 1. The molecule has 0 aliphatic heterocycles. The molecule has 0 aliphatic carbocycles. The van der Waals surface area contributed by atoms with Crippen LogP contribution in [0.3, 0.4) is 0 Å². The molecule has 92 valence electrons. The summed E-state index contributed by atoms with van der Waals surface area (Å²) in [6.45, 7) is 0. The van der Waals surface area contributed by atoms with Gasteiger partial charge in [0.25, 0.3) is 5.91 Å². The van der Waals surface area contributed by atoms with E-state index in [4.69, 9.17) is 5.11 Å². The van der Waals surface area contributed by atoms with Gasteiger partial charge in [0.15, 0.2) is 0 Å². The molecule has 0 unspecified atom stereocenters. The molecule has 0 aliphatic rings. The third-order valence-corrected chi connectivity index (χ3v) is 2.33. The number of carboxylic acids is 1. The van der Waals surface area contributed by atoms with Crippen LogP contribution in [0.1, 0.15) is 20.7 Å². The maximum absolute atomic E-state index is 11.8. The standard InChI is InChI=1S/C11H10N4O3/c1-15-11(12-6-13-15)14-9(16)7-2-4-8(5-3-7)10(17)18/h2-6H,1H3,(H,17,18)(H,12,13,14,16). The quantitative estimate of drug-likeness (QED) is 0.833. The van der Waals surface area contributed by atoms with Crippen molar-refractivity contribution in [1.82, 2.24) is 14.8 Å². The zero-order valence-electron chi connectivity index (χ0n) is 9.49. The van der Waals surface area contributed by atoms with Crippen LogP contribution in [0.4, 0.5) is 5.95 Å². The second kappa shape index (κ2) is 4.66. The lowest BCUT2D eigenvalue weighted by atomic mass is 10.1. The summed E-state index contributed by atoms with van der Waals surface area (Å²) in [7, 11) is 1.65. The summed E-state index contributed by atoms with van der Waals surface area (Å²) in [4.78, 5) is 26.3. The molecule has 7 heteroatoms. The Hall–Kier alpha value is -2.70. The van der Waals surface area contributed by atoms with Crippen LogP contribution >= 0.6 is 0 Å². The van der Waals surface area contributed by atoms with Crippen molar-refractivity contribution in [3.8, 4) is 0 Å². The molecule has 0 bridgehead atoms. The van der Waals surface area contributed by atoms with E-state index < -0.39 is 5.97 Å². The zero-order valence-corrected chi connectivity index (χ0v) is 9.49. The number of carbonyl (C=O) groups excluding carboxylic acids is 1. The van der Waals surface area contributed by atoms with Crippen molar-refractivity contribution in [2.24, 2.45) is 7.05 Å². The Morgan fingerprint density at radius 1 is 1.22 bits per heavy atom. The molecule has 18 heavy (non-hydrogen) atoms. The summed E-state index contributed by atoms with van der Waals surface area (Å²) in [5.74, 6) is -1.08. The van der Waals surface area contributed by atoms with E-state index in [2.05, 4.69) is 15.4 Å². The number of carbonyl (C=O) groups is 2. The van der Waals surface area contributed by atoms with Gasteiger partial charge in [0, 0.05) is 12.6 Å². The van der Waals surface area contributed by atoms with Gasteiger partial charge in [0.1, 0.15) is 6.33 Å². The number of carboxylic acid groups (broad SMARTS) is 1. The molecule has 0 fully saturated rings. The van der Waals surface area contributed by atoms with Gasteiger partial charge in [-0.05, 0) is 24.3 Å². The summed E-state index contributed by atoms with van der Waals surface area (Å²) in [6, 6.07) is 5.62. The smallest absolute Gasteiger partial charge is 0.335 e. The number of anilines is 1. The van der Waals surface area contributed by atoms with Crippen molar-refractivity contribution >= 4 is 17.8 Å². The van der Waals surface area contributed by atoms with E-state index >= 15 is 0 Å². The summed E-state index contributed by atoms with van der Waals surface area (Å²) in [5, 5.41) is 15.1. The molecule has 1 aromatic heterocycles. The van der Waals surface area contributed by atoms with Gasteiger partial charge in [-0.1, -0.05) is 0 Å². The first-order valence-corrected chi connectivity index (χ1v) is 5.06. The molecule has 2 N–H and O–H groups in total. The molecule has 1 heterocycles. The summed E-state index contributed by atoms with van der Waals surface area (Å²) >= 11 is 0. The third kappa shape index (κ3) is 2.34. The van der Waals surface area contributed by atoms with E-state index in [-0.39, 0.29) is 11.5 Å². The van der Waals surface area contributed by atoms with Gasteiger partial charge in [-0.3, -0.25) is 10.1 Å². The number of hydrogen-bond donors (Lipinski definition) is 2. The highest BCUT2D eigenvalue weighted by Crippen LogP contribution is 2.07. The average Bonchev–Trinajstić information content (AvgIpc) is 2.75. The molecule has 2 rings (SSSR count). The SMILES string of the molecule is Cn1ncnc1NC(=O)c1ccc(C(=O)O)cc1. The Kier molecular flexibility index (Phi) is 3.05. The minimum atomic E-state index is -1.03. The minimum absolute atomic E-state index is 0.130. The summed E-state index contributed by atoms with van der Waals surface area (Å²) < 4.78 is 1.42. The molecule has 0 atom stereocenters. The van der Waals surface area contributed by atoms with E-state index in [0.717, 1.165) is 0 Å². The van der Waals surface area contributed by atoms with Crippen LogP contribution in [0.5, 0.6) is 0 Å². The van der Waals surface area contributed by atoms with Crippen LogP contribution in [-0.2, 0) is 7.05 Å². The van der Waals surface area contributed by atoms with Gasteiger partial charge in [0.2, 0.25) is 5.95 Å². The van der Waals surface area contributed by atoms with E-state index in [1.165, 1.54) is 35.3 Å². The van der Waals surface area contributed by atoms with Crippen molar-refractivity contribution in [1.29, 1.82) is 0 Å². The number of aromatic nitrogens is 3. The predicted molar refractivity (Wildman–Crippen MR) is 62.4 cm³/mol. The van der Waals surface area contributed by atoms with E-state index in [9.17, 15) is 9.59 Å². The van der Waals surface area contributed by atoms with Crippen LogP contribution in [0, 0.1) is 0 Å². The average molecular weight is 246 g/mol. The summed E-state index contributed by atoms with van der Waals surface area (Å²) in [5.41, 5.74) is 0.480. The number of aryl methyl sites for hydroxylation is 1. The Morgan fingerprint density at radius 3 is 2.33 bits per heavy atom. The van der Waals surface area contributed by atoms with Gasteiger partial charge in [-0.25, -0.2) is 9.48 Å². The molecule has 1 aromatic carbocycles. The maximum Gasteiger partial charge on any atom is 0.335 e. The molecular formula is C11H10N4O3. The number of hydrogen-bond acceptors (Lipinski definition) is 4. The van der Waals surface area contributed by atoms with Crippen LogP contribution in [-0.4, -0.2) is 31.7 Å². The van der Waals surface area contributed by atoms with Gasteiger partial charge in [-0.2, -0.15) is 10.1 Å². The Balaban J connectivity index is 2.14. The molecule has 1 amide bonds. The van der Waals surface area contributed by atoms with Gasteiger partial charge in [-0.15, -0.1) is 0 Å². The summed E-state index contributed by atoms with van der Waals surface area (Å²) in [6.07, 6.45) is 1.32. The van der Waals surface area contributed by atoms with Crippen LogP contribution in [0.15, 0.2) is 30.6 Å². The molecule has 0 spiro atoms. The van der Waals surface area contributed by atoms with E-state index in [1.54, 1.807) is 7.05 Å². The second-order valence-electron chi connectivity index (χ2n) is 3.54. The highest BCUT2D eigenvalue weighted by molar-refractivity contribution is 6.03. The van der Waals surface area contributed by atoms with Crippen molar-refractivity contribution < 1.29 is 14.7 Å². The topological polar surface area (TPSA) is 97.1 Å². The monoisotopic (exact) mass is 246 g/mol. The van der Waals surface area contributed by atoms with Crippen LogP contribution in [0.2, 0.25) is 0 Å². The molecular weight excluding hydrogens is 236 g/mol. The van der Waals surface area contributed by atoms with E-state index in [1.807, 2.05) is 0 Å². The number of amides is 1. The number of rotatable bonds is 3. The maximum atomic E-state index is 11.8. The Labute approximate surface area is 102 Å². The zero-order chi connectivity index (χ0) is 13.1. The third-order valence-electron chi connectivity index (χ3n) is 2.33. The molecule has 2 aromatic rings. The minimum Gasteiger partial charge on any atom is -0.478 e. The highest BCUT2D eigenvalue weighted by Gasteiger charge is 2.10. The fourth-order valence-electron chi connectivity index (χ4n) is 1.35. The van der Waals surface area contributed by atoms with Crippen molar-refractivity contribution in [3.63, 3.8) is 0 Å². The van der Waals surface area contributed by atoms with Crippen molar-refractivity contribution in [2.75, 3.05) is 5.32 Å². The fraction of sp³-hybridized carbons (Fsp3) is 0.0909. The van der Waals surface area contributed by atoms with Gasteiger partial charge in [0.05, 0.1) is 5.56 Å². The van der Waals surface area contributed by atoms with Crippen molar-refractivity contribution in [2.45, 2.75) is 0 Å². The highest BCUT2D eigenvalue weighted by atomic mass is 16.4. The Bertz CT molecular complexity index is 589. The lowest BCUT2D eigenvalue weighted by Gasteiger charge is -2.04. The molecule has 0 saturated heterocycles. The first-order valence-electron chi connectivity index (χ1n) is 5.06. The van der Waals surface area contributed by atoms with Crippen LogP contribution in [0.25, 0.3) is 0 Å². The van der Waals surface area contributed by atoms with E-state index in [0.29, 0.717) is 11.5 Å². The fourth-order valence-corrected chi connectivity index (χ4v) is 1.35. The number of benzene rings is 1. The Morgan fingerprint density at radius 2 is 1.83 bits per heavy atom. The van der Waals surface area contributed by atoms with Gasteiger partial charge >= 0.3 is 5.97 Å². The first-order chi connectivity index (χ1) is 8.58. The molecule has 7 nitrogen and oxygen atoms in total. The number of nitrogens with zero attached hydrogens (tertiary/aromatic N) is 3. The lowest BCUT2D eigenvalue weighted by molar-refractivity contribution is 0.0696. The van der Waals surface area contributed by atoms with Crippen LogP contribution < -0.4 is 5.32 Å². The predicted octanol–water partition coefficient (Wildman–Crippen LogP) is 0.766. The largest absolute Gasteiger partial charge is 0.478 e. The molecule has 0 saturated carbocycles. The molecule has 0 radical (unpaired) electrons. The number of nitrogens with one attached hydrogen (secondary N) is 1. The second-order valence-corrected chi connectivity index (χ2v) is 3.54. The van der Waals surface area contributed by atoms with Gasteiger partial charge < -0.3 is 5.11 Å². The lowest BCUT2D eigenvalue weighted by Crippen LogP contribution is -2.15. The normalized spacial score (nSPS) is 10.1. The van der Waals surface area contributed by atoms with Crippen molar-refractivity contribution in [3.05, 3.63) is 41.7 Å².